The highest BCUT2D eigenvalue weighted by molar-refractivity contribution is 5.67. The summed E-state index contributed by atoms with van der Waals surface area (Å²) in [6.45, 7) is 3.36. The van der Waals surface area contributed by atoms with E-state index < -0.39 is 0 Å². The zero-order valence-corrected chi connectivity index (χ0v) is 15.3. The Morgan fingerprint density at radius 3 is 2.33 bits per heavy atom. The summed E-state index contributed by atoms with van der Waals surface area (Å²) in [5, 5.41) is 0. The number of para-hydroxylation sites is 2. The van der Waals surface area contributed by atoms with Crippen LogP contribution in [0.5, 0.6) is 5.75 Å². The van der Waals surface area contributed by atoms with Gasteiger partial charge >= 0.3 is 0 Å². The molecule has 2 heterocycles. The van der Waals surface area contributed by atoms with Gasteiger partial charge in [-0.25, -0.2) is 4.98 Å². The monoisotopic (exact) mass is 362 g/mol. The Bertz CT molecular complexity index is 963. The molecule has 138 valence electrons. The summed E-state index contributed by atoms with van der Waals surface area (Å²) in [6, 6.07) is 19.5. The van der Waals surface area contributed by atoms with E-state index in [0.717, 1.165) is 31.7 Å². The van der Waals surface area contributed by atoms with Gasteiger partial charge in [0.1, 0.15) is 5.75 Å². The maximum Gasteiger partial charge on any atom is 0.252 e. The van der Waals surface area contributed by atoms with Crippen molar-refractivity contribution in [2.24, 2.45) is 0 Å². The van der Waals surface area contributed by atoms with Gasteiger partial charge in [0.15, 0.2) is 0 Å². The van der Waals surface area contributed by atoms with Crippen LogP contribution in [0.25, 0.3) is 11.3 Å². The number of H-pyrrole nitrogens is 1. The van der Waals surface area contributed by atoms with Gasteiger partial charge < -0.3 is 14.5 Å². The average molecular weight is 362 g/mol. The second-order valence-corrected chi connectivity index (χ2v) is 6.46. The molecule has 0 amide bonds. The SMILES string of the molecule is COc1ccccc1-c1cc(=O)[nH]c(N2CCN(c3ccccc3)CC2)n1. The quantitative estimate of drug-likeness (QED) is 0.773. The Balaban J connectivity index is 1.57. The number of aromatic nitrogens is 2. The molecule has 1 aromatic heterocycles. The lowest BCUT2D eigenvalue weighted by molar-refractivity contribution is 0.416. The van der Waals surface area contributed by atoms with Gasteiger partial charge in [0.25, 0.3) is 5.56 Å². The molecule has 0 bridgehead atoms. The van der Waals surface area contributed by atoms with Crippen LogP contribution >= 0.6 is 0 Å². The van der Waals surface area contributed by atoms with E-state index in [4.69, 9.17) is 9.72 Å². The van der Waals surface area contributed by atoms with Crippen molar-refractivity contribution < 1.29 is 4.74 Å². The highest BCUT2D eigenvalue weighted by atomic mass is 16.5. The van der Waals surface area contributed by atoms with Crippen molar-refractivity contribution in [3.63, 3.8) is 0 Å². The van der Waals surface area contributed by atoms with Crippen molar-refractivity contribution in [1.82, 2.24) is 9.97 Å². The molecule has 0 saturated carbocycles. The van der Waals surface area contributed by atoms with Crippen molar-refractivity contribution >= 4 is 11.6 Å². The first-order chi connectivity index (χ1) is 13.2. The molecule has 1 N–H and O–H groups in total. The molecular weight excluding hydrogens is 340 g/mol. The zero-order chi connectivity index (χ0) is 18.6. The minimum atomic E-state index is -0.161. The normalized spacial score (nSPS) is 14.3. The van der Waals surface area contributed by atoms with E-state index in [9.17, 15) is 4.79 Å². The maximum absolute atomic E-state index is 12.2. The van der Waals surface area contributed by atoms with Crippen LogP contribution in [-0.4, -0.2) is 43.3 Å². The minimum Gasteiger partial charge on any atom is -0.496 e. The molecule has 6 heteroatoms. The molecule has 0 radical (unpaired) electrons. The van der Waals surface area contributed by atoms with E-state index in [1.165, 1.54) is 11.8 Å². The van der Waals surface area contributed by atoms with Crippen LogP contribution in [0.4, 0.5) is 11.6 Å². The predicted molar refractivity (Wildman–Crippen MR) is 108 cm³/mol. The standard InChI is InChI=1S/C21H22N4O2/c1-27-19-10-6-5-9-17(19)18-15-20(26)23-21(22-18)25-13-11-24(12-14-25)16-7-3-2-4-8-16/h2-10,15H,11-14H2,1H3,(H,22,23,26). The number of nitrogens with zero attached hydrogens (tertiary/aromatic N) is 3. The second-order valence-electron chi connectivity index (χ2n) is 6.46. The van der Waals surface area contributed by atoms with Gasteiger partial charge in [-0.05, 0) is 24.3 Å². The molecule has 1 aliphatic rings. The predicted octanol–water partition coefficient (Wildman–Crippen LogP) is 2.77. The van der Waals surface area contributed by atoms with Crippen LogP contribution in [-0.2, 0) is 0 Å². The molecule has 27 heavy (non-hydrogen) atoms. The third-order valence-electron chi connectivity index (χ3n) is 4.81. The molecule has 1 fully saturated rings. The van der Waals surface area contributed by atoms with E-state index in [0.29, 0.717) is 17.4 Å². The van der Waals surface area contributed by atoms with Crippen molar-refractivity contribution in [3.8, 4) is 17.0 Å². The van der Waals surface area contributed by atoms with Crippen molar-refractivity contribution in [2.45, 2.75) is 0 Å². The Morgan fingerprint density at radius 1 is 0.926 bits per heavy atom. The lowest BCUT2D eigenvalue weighted by atomic mass is 10.1. The van der Waals surface area contributed by atoms with Crippen LogP contribution in [0.1, 0.15) is 0 Å². The summed E-state index contributed by atoms with van der Waals surface area (Å²) in [5.41, 5.74) is 2.50. The molecule has 1 saturated heterocycles. The smallest absolute Gasteiger partial charge is 0.252 e. The minimum absolute atomic E-state index is 0.161. The number of anilines is 2. The third-order valence-corrected chi connectivity index (χ3v) is 4.81. The fraction of sp³-hybridized carbons (Fsp3) is 0.238. The van der Waals surface area contributed by atoms with Gasteiger partial charge in [0.2, 0.25) is 5.95 Å². The maximum atomic E-state index is 12.2. The Morgan fingerprint density at radius 2 is 1.59 bits per heavy atom. The fourth-order valence-corrected chi connectivity index (χ4v) is 3.40. The number of ether oxygens (including phenoxy) is 1. The summed E-state index contributed by atoms with van der Waals surface area (Å²) < 4.78 is 5.42. The molecule has 0 aliphatic carbocycles. The molecule has 2 aromatic carbocycles. The summed E-state index contributed by atoms with van der Waals surface area (Å²) in [4.78, 5) is 24.3. The topological polar surface area (TPSA) is 61.5 Å². The summed E-state index contributed by atoms with van der Waals surface area (Å²) in [5.74, 6) is 1.31. The first kappa shape index (κ1) is 17.1. The second kappa shape index (κ2) is 7.53. The molecule has 0 spiro atoms. The number of hydrogen-bond acceptors (Lipinski definition) is 5. The first-order valence-electron chi connectivity index (χ1n) is 9.04. The molecule has 4 rings (SSSR count). The molecule has 0 atom stereocenters. The van der Waals surface area contributed by atoms with Gasteiger partial charge in [0.05, 0.1) is 12.8 Å². The number of benzene rings is 2. The number of methoxy groups -OCH3 is 1. The third kappa shape index (κ3) is 3.65. The number of hydrogen-bond donors (Lipinski definition) is 1. The molecular formula is C21H22N4O2. The van der Waals surface area contributed by atoms with Crippen molar-refractivity contribution in [3.05, 3.63) is 71.0 Å². The van der Waals surface area contributed by atoms with Crippen LogP contribution in [0.15, 0.2) is 65.5 Å². The Kier molecular flexibility index (Phi) is 4.78. The van der Waals surface area contributed by atoms with Crippen molar-refractivity contribution in [2.75, 3.05) is 43.1 Å². The largest absolute Gasteiger partial charge is 0.496 e. The number of aromatic amines is 1. The Hall–Kier alpha value is -3.28. The lowest BCUT2D eigenvalue weighted by Gasteiger charge is -2.36. The van der Waals surface area contributed by atoms with E-state index in [-0.39, 0.29) is 5.56 Å². The van der Waals surface area contributed by atoms with Crippen LogP contribution in [0, 0.1) is 0 Å². The summed E-state index contributed by atoms with van der Waals surface area (Å²) >= 11 is 0. The fourth-order valence-electron chi connectivity index (χ4n) is 3.40. The first-order valence-corrected chi connectivity index (χ1v) is 9.04. The van der Waals surface area contributed by atoms with Gasteiger partial charge in [0, 0.05) is 43.5 Å². The van der Waals surface area contributed by atoms with Gasteiger partial charge in [-0.1, -0.05) is 30.3 Å². The molecule has 6 nitrogen and oxygen atoms in total. The van der Waals surface area contributed by atoms with Crippen LogP contribution in [0.2, 0.25) is 0 Å². The summed E-state index contributed by atoms with van der Waals surface area (Å²) in [6.07, 6.45) is 0. The molecule has 3 aromatic rings. The average Bonchev–Trinajstić information content (AvgIpc) is 2.74. The van der Waals surface area contributed by atoms with E-state index in [1.807, 2.05) is 30.3 Å². The number of rotatable bonds is 4. The molecule has 1 aliphatic heterocycles. The van der Waals surface area contributed by atoms with E-state index in [1.54, 1.807) is 7.11 Å². The van der Waals surface area contributed by atoms with Gasteiger partial charge in [-0.3, -0.25) is 9.78 Å². The van der Waals surface area contributed by atoms with Crippen LogP contribution in [0.3, 0.4) is 0 Å². The zero-order valence-electron chi connectivity index (χ0n) is 15.3. The highest BCUT2D eigenvalue weighted by Crippen LogP contribution is 2.28. The lowest BCUT2D eigenvalue weighted by Crippen LogP contribution is -2.47. The van der Waals surface area contributed by atoms with Gasteiger partial charge in [-0.2, -0.15) is 0 Å². The van der Waals surface area contributed by atoms with Gasteiger partial charge in [-0.15, -0.1) is 0 Å². The van der Waals surface area contributed by atoms with Crippen molar-refractivity contribution in [1.29, 1.82) is 0 Å². The van der Waals surface area contributed by atoms with Crippen LogP contribution < -0.4 is 20.1 Å². The number of nitrogens with one attached hydrogen (secondary N) is 1. The highest BCUT2D eigenvalue weighted by Gasteiger charge is 2.20. The Labute approximate surface area is 158 Å². The summed E-state index contributed by atoms with van der Waals surface area (Å²) in [7, 11) is 1.62. The van der Waals surface area contributed by atoms with E-state index >= 15 is 0 Å². The molecule has 0 unspecified atom stereocenters. The number of piperazine rings is 1. The van der Waals surface area contributed by atoms with E-state index in [2.05, 4.69) is 39.0 Å².